The third-order valence-electron chi connectivity index (χ3n) is 1.92. The Balaban J connectivity index is 2.71. The average Bonchev–Trinajstić information content (AvgIpc) is 2.15. The predicted molar refractivity (Wildman–Crippen MR) is 54.6 cm³/mol. The third kappa shape index (κ3) is 2.05. The molecule has 0 radical (unpaired) electrons. The summed E-state index contributed by atoms with van der Waals surface area (Å²) in [6.07, 6.45) is -3.73. The fraction of sp³-hybridized carbons (Fsp3) is 0.111. The SMILES string of the molecule is FC(F)(F)c1cnc2c(Cl)nc(Cl)cc2c1. The molecule has 16 heavy (non-hydrogen) atoms. The van der Waals surface area contributed by atoms with Gasteiger partial charge in [-0.05, 0) is 12.1 Å². The van der Waals surface area contributed by atoms with Gasteiger partial charge in [0.1, 0.15) is 10.7 Å². The molecule has 7 heteroatoms. The van der Waals surface area contributed by atoms with Crippen molar-refractivity contribution in [3.05, 3.63) is 34.2 Å². The molecule has 0 aliphatic heterocycles. The molecule has 0 bridgehead atoms. The molecular formula is C9H3Cl2F3N2. The largest absolute Gasteiger partial charge is 0.417 e. The number of alkyl halides is 3. The van der Waals surface area contributed by atoms with Crippen LogP contribution in [0.25, 0.3) is 10.9 Å². The first-order chi connectivity index (χ1) is 7.38. The highest BCUT2D eigenvalue weighted by Crippen LogP contribution is 2.32. The lowest BCUT2D eigenvalue weighted by Crippen LogP contribution is -2.05. The molecule has 0 atom stereocenters. The number of pyridine rings is 2. The number of hydrogen-bond acceptors (Lipinski definition) is 2. The lowest BCUT2D eigenvalue weighted by atomic mass is 10.2. The summed E-state index contributed by atoms with van der Waals surface area (Å²) in [4.78, 5) is 7.30. The van der Waals surface area contributed by atoms with Crippen molar-refractivity contribution in [3.8, 4) is 0 Å². The number of halogens is 5. The van der Waals surface area contributed by atoms with Gasteiger partial charge in [-0.2, -0.15) is 13.2 Å². The van der Waals surface area contributed by atoms with Crippen molar-refractivity contribution in [3.63, 3.8) is 0 Å². The monoisotopic (exact) mass is 266 g/mol. The van der Waals surface area contributed by atoms with E-state index >= 15 is 0 Å². The Labute approximate surface area is 98.0 Å². The van der Waals surface area contributed by atoms with E-state index in [1.807, 2.05) is 0 Å². The molecule has 2 heterocycles. The van der Waals surface area contributed by atoms with Gasteiger partial charge in [0.15, 0.2) is 5.15 Å². The molecule has 2 aromatic heterocycles. The zero-order valence-corrected chi connectivity index (χ0v) is 9.03. The van der Waals surface area contributed by atoms with Gasteiger partial charge >= 0.3 is 6.18 Å². The van der Waals surface area contributed by atoms with Crippen LogP contribution in [-0.4, -0.2) is 9.97 Å². The van der Waals surface area contributed by atoms with E-state index in [-0.39, 0.29) is 21.2 Å². The van der Waals surface area contributed by atoms with Crippen LogP contribution in [0.5, 0.6) is 0 Å². The molecule has 84 valence electrons. The number of fused-ring (bicyclic) bond motifs is 1. The maximum atomic E-state index is 12.4. The molecule has 0 amide bonds. The van der Waals surface area contributed by atoms with Crippen LogP contribution in [0.4, 0.5) is 13.2 Å². The van der Waals surface area contributed by atoms with E-state index in [2.05, 4.69) is 9.97 Å². The summed E-state index contributed by atoms with van der Waals surface area (Å²) >= 11 is 11.3. The van der Waals surface area contributed by atoms with Crippen molar-refractivity contribution in [1.29, 1.82) is 0 Å². The molecule has 0 fully saturated rings. The summed E-state index contributed by atoms with van der Waals surface area (Å²) in [5.41, 5.74) is -0.655. The zero-order chi connectivity index (χ0) is 11.9. The van der Waals surface area contributed by atoms with Crippen molar-refractivity contribution in [2.24, 2.45) is 0 Å². The Morgan fingerprint density at radius 1 is 1.12 bits per heavy atom. The number of nitrogens with zero attached hydrogens (tertiary/aromatic N) is 2. The first kappa shape index (κ1) is 11.4. The Kier molecular flexibility index (Phi) is 2.67. The maximum Gasteiger partial charge on any atom is 0.417 e. The van der Waals surface area contributed by atoms with Gasteiger partial charge < -0.3 is 0 Å². The topological polar surface area (TPSA) is 25.8 Å². The minimum absolute atomic E-state index is 0.0174. The first-order valence-corrected chi connectivity index (χ1v) is 4.82. The summed E-state index contributed by atoms with van der Waals surface area (Å²) in [5, 5.41) is 0.217. The molecule has 0 saturated carbocycles. The van der Waals surface area contributed by atoms with Gasteiger partial charge in [-0.3, -0.25) is 4.98 Å². The molecule has 0 spiro atoms. The summed E-state index contributed by atoms with van der Waals surface area (Å²) in [6.45, 7) is 0. The van der Waals surface area contributed by atoms with Gasteiger partial charge in [-0.15, -0.1) is 0 Å². The normalized spacial score (nSPS) is 12.1. The quantitative estimate of drug-likeness (QED) is 0.675. The Bertz CT molecular complexity index is 554. The van der Waals surface area contributed by atoms with E-state index < -0.39 is 11.7 Å². The van der Waals surface area contributed by atoms with Gasteiger partial charge in [0.2, 0.25) is 0 Å². The molecule has 2 nitrogen and oxygen atoms in total. The maximum absolute atomic E-state index is 12.4. The van der Waals surface area contributed by atoms with E-state index in [4.69, 9.17) is 23.2 Å². The highest BCUT2D eigenvalue weighted by atomic mass is 35.5. The molecule has 0 aliphatic carbocycles. The van der Waals surface area contributed by atoms with Gasteiger partial charge in [-0.1, -0.05) is 23.2 Å². The van der Waals surface area contributed by atoms with Crippen molar-refractivity contribution >= 4 is 34.1 Å². The Morgan fingerprint density at radius 2 is 1.81 bits per heavy atom. The van der Waals surface area contributed by atoms with E-state index in [0.717, 1.165) is 6.07 Å². The molecule has 0 aliphatic rings. The van der Waals surface area contributed by atoms with Crippen molar-refractivity contribution < 1.29 is 13.2 Å². The number of aromatic nitrogens is 2. The van der Waals surface area contributed by atoms with E-state index in [1.54, 1.807) is 0 Å². The standard InChI is InChI=1S/C9H3Cl2F3N2/c10-6-2-4-1-5(9(12,13)14)3-15-7(4)8(11)16-6/h1-3H. The summed E-state index contributed by atoms with van der Waals surface area (Å²) in [5.74, 6) is 0. The van der Waals surface area contributed by atoms with Crippen LogP contribution in [0.2, 0.25) is 10.3 Å². The van der Waals surface area contributed by atoms with E-state index in [0.29, 0.717) is 6.20 Å². The summed E-state index contributed by atoms with van der Waals surface area (Å²) < 4.78 is 37.2. The molecule has 0 N–H and O–H groups in total. The van der Waals surface area contributed by atoms with Crippen LogP contribution >= 0.6 is 23.2 Å². The summed E-state index contributed by atoms with van der Waals surface area (Å²) in [7, 11) is 0. The molecule has 0 unspecified atom stereocenters. The molecule has 2 rings (SSSR count). The fourth-order valence-electron chi connectivity index (χ4n) is 1.23. The molecule has 0 aromatic carbocycles. The van der Waals surface area contributed by atoms with Crippen LogP contribution in [0, 0.1) is 0 Å². The van der Waals surface area contributed by atoms with Gasteiger partial charge in [0.05, 0.1) is 5.56 Å². The van der Waals surface area contributed by atoms with E-state index in [9.17, 15) is 13.2 Å². The molecule has 0 saturated heterocycles. The second kappa shape index (κ2) is 3.75. The second-order valence-electron chi connectivity index (χ2n) is 3.03. The van der Waals surface area contributed by atoms with Gasteiger partial charge in [0, 0.05) is 11.6 Å². The van der Waals surface area contributed by atoms with Crippen LogP contribution in [0.1, 0.15) is 5.56 Å². The highest BCUT2D eigenvalue weighted by molar-refractivity contribution is 6.36. The zero-order valence-electron chi connectivity index (χ0n) is 7.52. The van der Waals surface area contributed by atoms with Crippen molar-refractivity contribution in [2.75, 3.05) is 0 Å². The molecule has 2 aromatic rings. The van der Waals surface area contributed by atoms with Crippen molar-refractivity contribution in [2.45, 2.75) is 6.18 Å². The number of rotatable bonds is 0. The van der Waals surface area contributed by atoms with Gasteiger partial charge in [0.25, 0.3) is 0 Å². The lowest BCUT2D eigenvalue weighted by Gasteiger charge is -2.07. The van der Waals surface area contributed by atoms with Crippen molar-refractivity contribution in [1.82, 2.24) is 9.97 Å². The smallest absolute Gasteiger partial charge is 0.252 e. The van der Waals surface area contributed by atoms with Crippen LogP contribution in [0.3, 0.4) is 0 Å². The number of hydrogen-bond donors (Lipinski definition) is 0. The minimum atomic E-state index is -4.44. The average molecular weight is 267 g/mol. The first-order valence-electron chi connectivity index (χ1n) is 4.07. The molecular weight excluding hydrogens is 264 g/mol. The Hall–Kier alpha value is -1.07. The fourth-order valence-corrected chi connectivity index (χ4v) is 1.72. The van der Waals surface area contributed by atoms with Crippen LogP contribution in [0.15, 0.2) is 18.3 Å². The van der Waals surface area contributed by atoms with Gasteiger partial charge in [-0.25, -0.2) is 4.98 Å². The second-order valence-corrected chi connectivity index (χ2v) is 3.77. The predicted octanol–water partition coefficient (Wildman–Crippen LogP) is 3.96. The third-order valence-corrected chi connectivity index (χ3v) is 2.38. The van der Waals surface area contributed by atoms with Crippen LogP contribution in [-0.2, 0) is 6.18 Å². The Morgan fingerprint density at radius 3 is 2.44 bits per heavy atom. The highest BCUT2D eigenvalue weighted by Gasteiger charge is 2.31. The van der Waals surface area contributed by atoms with E-state index in [1.165, 1.54) is 6.07 Å². The minimum Gasteiger partial charge on any atom is -0.252 e. The van der Waals surface area contributed by atoms with Crippen LogP contribution < -0.4 is 0 Å². The summed E-state index contributed by atoms with van der Waals surface area (Å²) in [6, 6.07) is 2.22. The lowest BCUT2D eigenvalue weighted by molar-refractivity contribution is -0.137.